The molecule has 4 rings (SSSR count). The number of aryl methyl sites for hydroxylation is 1. The number of alkyl halides is 3. The Hall–Kier alpha value is -2.31. The number of fused-ring (bicyclic) bond motifs is 2. The molecule has 0 unspecified atom stereocenters. The van der Waals surface area contributed by atoms with Gasteiger partial charge < -0.3 is 4.57 Å². The Bertz CT molecular complexity index is 1450. The van der Waals surface area contributed by atoms with Gasteiger partial charge in [-0.25, -0.2) is 18.4 Å². The van der Waals surface area contributed by atoms with Crippen LogP contribution < -0.4 is 0 Å². The third kappa shape index (κ3) is 3.46. The molecule has 12 heteroatoms. The molecule has 164 valence electrons. The van der Waals surface area contributed by atoms with Gasteiger partial charge in [0.1, 0.15) is 10.6 Å². The standard InChI is InChI=1S/C19H16F3N3O3S3/c1-4-12(26)9-8-29-15-14(9)30-16(17(15)31(27,28)5-2)18-24-10-6-13(19(20,21)22)23-7-11(10)25(18)3/h6-8H,4-5H2,1-3H3. The highest BCUT2D eigenvalue weighted by Gasteiger charge is 2.34. The second-order valence-electron chi connectivity index (χ2n) is 6.80. The molecular weight excluding hydrogens is 471 g/mol. The Morgan fingerprint density at radius 2 is 1.94 bits per heavy atom. The second-order valence-corrected chi connectivity index (χ2v) is 10.9. The Morgan fingerprint density at radius 3 is 2.55 bits per heavy atom. The normalized spacial score (nSPS) is 12.8. The van der Waals surface area contributed by atoms with E-state index in [2.05, 4.69) is 9.97 Å². The van der Waals surface area contributed by atoms with Crippen LogP contribution in [0.5, 0.6) is 0 Å². The molecule has 0 bridgehead atoms. The van der Waals surface area contributed by atoms with Crippen molar-refractivity contribution in [2.24, 2.45) is 7.05 Å². The number of aromatic nitrogens is 3. The number of carbonyl (C=O) groups excluding carboxylic acids is 1. The van der Waals surface area contributed by atoms with E-state index in [1.807, 2.05) is 0 Å². The molecule has 0 N–H and O–H groups in total. The number of imidazole rings is 1. The molecule has 0 spiro atoms. The first-order valence-electron chi connectivity index (χ1n) is 9.19. The largest absolute Gasteiger partial charge is 0.433 e. The zero-order valence-corrected chi connectivity index (χ0v) is 19.0. The van der Waals surface area contributed by atoms with Crippen molar-refractivity contribution < 1.29 is 26.4 Å². The van der Waals surface area contributed by atoms with Crippen LogP contribution in [0.3, 0.4) is 0 Å². The van der Waals surface area contributed by atoms with Crippen LogP contribution in [0.15, 0.2) is 22.5 Å². The molecule has 31 heavy (non-hydrogen) atoms. The number of sulfone groups is 1. The molecule has 4 aromatic heterocycles. The van der Waals surface area contributed by atoms with Gasteiger partial charge in [-0.05, 0) is 6.07 Å². The fourth-order valence-electron chi connectivity index (χ4n) is 3.26. The summed E-state index contributed by atoms with van der Waals surface area (Å²) >= 11 is 2.29. The van der Waals surface area contributed by atoms with E-state index in [0.29, 0.717) is 25.4 Å². The number of Topliss-reactive ketones (excluding diaryl/α,β-unsaturated/α-hetero) is 1. The van der Waals surface area contributed by atoms with Crippen molar-refractivity contribution in [2.45, 2.75) is 31.3 Å². The second kappa shape index (κ2) is 7.38. The fourth-order valence-corrected chi connectivity index (χ4v) is 7.87. The number of halogens is 3. The van der Waals surface area contributed by atoms with E-state index in [4.69, 9.17) is 0 Å². The highest BCUT2D eigenvalue weighted by atomic mass is 32.2. The average Bonchev–Trinajstić information content (AvgIpc) is 3.37. The Labute approximate surface area is 183 Å². The van der Waals surface area contributed by atoms with E-state index >= 15 is 0 Å². The van der Waals surface area contributed by atoms with Crippen molar-refractivity contribution >= 4 is 58.7 Å². The summed E-state index contributed by atoms with van der Waals surface area (Å²) in [5.74, 6) is -0.0557. The van der Waals surface area contributed by atoms with E-state index in [9.17, 15) is 26.4 Å². The van der Waals surface area contributed by atoms with Crippen molar-refractivity contribution in [1.29, 1.82) is 0 Å². The van der Waals surface area contributed by atoms with Gasteiger partial charge in [0.25, 0.3) is 0 Å². The molecule has 0 radical (unpaired) electrons. The van der Waals surface area contributed by atoms with Gasteiger partial charge in [-0.2, -0.15) is 13.2 Å². The fraction of sp³-hybridized carbons (Fsp3) is 0.316. The van der Waals surface area contributed by atoms with Crippen LogP contribution in [-0.4, -0.2) is 34.5 Å². The highest BCUT2D eigenvalue weighted by Crippen LogP contribution is 2.46. The van der Waals surface area contributed by atoms with E-state index in [-0.39, 0.29) is 34.2 Å². The zero-order chi connectivity index (χ0) is 22.7. The first kappa shape index (κ1) is 21.9. The number of carbonyl (C=O) groups is 1. The van der Waals surface area contributed by atoms with Gasteiger partial charge in [-0.3, -0.25) is 4.79 Å². The minimum absolute atomic E-state index is 0.0567. The third-order valence-electron chi connectivity index (χ3n) is 4.94. The van der Waals surface area contributed by atoms with Crippen molar-refractivity contribution in [1.82, 2.24) is 14.5 Å². The van der Waals surface area contributed by atoms with E-state index in [1.54, 1.807) is 19.4 Å². The maximum absolute atomic E-state index is 13.1. The average molecular weight is 488 g/mol. The van der Waals surface area contributed by atoms with E-state index in [0.717, 1.165) is 23.6 Å². The summed E-state index contributed by atoms with van der Waals surface area (Å²) in [6.45, 7) is 3.24. The summed E-state index contributed by atoms with van der Waals surface area (Å²) in [5, 5.41) is 1.65. The Balaban J connectivity index is 2.04. The third-order valence-corrected chi connectivity index (χ3v) is 9.33. The molecule has 0 fully saturated rings. The van der Waals surface area contributed by atoms with Gasteiger partial charge >= 0.3 is 6.18 Å². The van der Waals surface area contributed by atoms with E-state index < -0.39 is 21.7 Å². The molecule has 0 aromatic carbocycles. The number of hydrogen-bond donors (Lipinski definition) is 0. The SMILES string of the molecule is CCC(=O)c1csc2c(S(=O)(=O)CC)c(-c3nc4cc(C(F)(F)F)ncc4n3C)sc12. The monoisotopic (exact) mass is 487 g/mol. The van der Waals surface area contributed by atoms with Gasteiger partial charge in [-0.15, -0.1) is 22.7 Å². The molecule has 0 aliphatic rings. The van der Waals surface area contributed by atoms with Crippen LogP contribution >= 0.6 is 22.7 Å². The number of ketones is 1. The van der Waals surface area contributed by atoms with E-state index in [1.165, 1.54) is 22.8 Å². The van der Waals surface area contributed by atoms with Crippen LogP contribution in [0.4, 0.5) is 13.2 Å². The van der Waals surface area contributed by atoms with Crippen LogP contribution in [0, 0.1) is 0 Å². The van der Waals surface area contributed by atoms with Crippen molar-refractivity contribution in [3.63, 3.8) is 0 Å². The lowest BCUT2D eigenvalue weighted by molar-refractivity contribution is -0.141. The first-order valence-corrected chi connectivity index (χ1v) is 12.5. The summed E-state index contributed by atoms with van der Waals surface area (Å²) in [6.07, 6.45) is -3.28. The molecule has 0 atom stereocenters. The molecule has 0 saturated heterocycles. The molecule has 0 saturated carbocycles. The summed E-state index contributed by atoms with van der Waals surface area (Å²) in [7, 11) is -2.11. The predicted octanol–water partition coefficient (Wildman–Crippen LogP) is 5.32. The van der Waals surface area contributed by atoms with Crippen LogP contribution in [0.1, 0.15) is 36.3 Å². The van der Waals surface area contributed by atoms with Crippen LogP contribution in [0.25, 0.3) is 31.1 Å². The summed E-state index contributed by atoms with van der Waals surface area (Å²) in [4.78, 5) is 20.5. The van der Waals surface area contributed by atoms with Crippen molar-refractivity contribution in [3.8, 4) is 10.7 Å². The predicted molar refractivity (Wildman–Crippen MR) is 115 cm³/mol. The summed E-state index contributed by atoms with van der Waals surface area (Å²) in [6, 6.07) is 0.842. The lowest BCUT2D eigenvalue weighted by atomic mass is 10.2. The number of pyridine rings is 1. The van der Waals surface area contributed by atoms with Crippen LogP contribution in [-0.2, 0) is 23.1 Å². The zero-order valence-electron chi connectivity index (χ0n) is 16.6. The lowest BCUT2D eigenvalue weighted by Crippen LogP contribution is -2.07. The number of nitrogens with zero attached hydrogens (tertiary/aromatic N) is 3. The first-order chi connectivity index (χ1) is 14.5. The molecular formula is C19H16F3N3O3S3. The number of thiophene rings is 2. The topological polar surface area (TPSA) is 81.9 Å². The van der Waals surface area contributed by atoms with Crippen molar-refractivity contribution in [2.75, 3.05) is 5.75 Å². The Kier molecular flexibility index (Phi) is 5.22. The molecule has 0 aliphatic heterocycles. The molecule has 0 amide bonds. The minimum atomic E-state index is -4.62. The van der Waals surface area contributed by atoms with Crippen molar-refractivity contribution in [3.05, 3.63) is 28.9 Å². The van der Waals surface area contributed by atoms with Gasteiger partial charge in [0.05, 0.1) is 37.3 Å². The Morgan fingerprint density at radius 1 is 1.23 bits per heavy atom. The van der Waals surface area contributed by atoms with Crippen LogP contribution in [0.2, 0.25) is 0 Å². The summed E-state index contributed by atoms with van der Waals surface area (Å²) < 4.78 is 67.6. The number of hydrogen-bond acceptors (Lipinski definition) is 7. The van der Waals surface area contributed by atoms with Gasteiger partial charge in [0.15, 0.2) is 21.4 Å². The molecule has 4 heterocycles. The molecule has 4 aromatic rings. The minimum Gasteiger partial charge on any atom is -0.325 e. The highest BCUT2D eigenvalue weighted by molar-refractivity contribution is 7.92. The van der Waals surface area contributed by atoms with Gasteiger partial charge in [0, 0.05) is 24.4 Å². The smallest absolute Gasteiger partial charge is 0.325 e. The number of rotatable bonds is 5. The maximum atomic E-state index is 13.1. The van der Waals surface area contributed by atoms with Gasteiger partial charge in [-0.1, -0.05) is 13.8 Å². The quantitative estimate of drug-likeness (QED) is 0.356. The molecule has 6 nitrogen and oxygen atoms in total. The summed E-state index contributed by atoms with van der Waals surface area (Å²) in [5.41, 5.74) is -0.231. The molecule has 0 aliphatic carbocycles. The van der Waals surface area contributed by atoms with Gasteiger partial charge in [0.2, 0.25) is 0 Å². The lowest BCUT2D eigenvalue weighted by Gasteiger charge is -2.05. The maximum Gasteiger partial charge on any atom is 0.433 e.